The predicted molar refractivity (Wildman–Crippen MR) is 74.8 cm³/mol. The smallest absolute Gasteiger partial charge is 0.322 e. The van der Waals surface area contributed by atoms with Gasteiger partial charge in [-0.2, -0.15) is 15.0 Å². The van der Waals surface area contributed by atoms with Gasteiger partial charge in [0.15, 0.2) is 0 Å². The van der Waals surface area contributed by atoms with Crippen LogP contribution < -0.4 is 10.1 Å². The van der Waals surface area contributed by atoms with Crippen LogP contribution in [0.3, 0.4) is 0 Å². The van der Waals surface area contributed by atoms with E-state index in [1.165, 1.54) is 12.8 Å². The molecule has 19 heavy (non-hydrogen) atoms. The van der Waals surface area contributed by atoms with Gasteiger partial charge in [0.05, 0.1) is 0 Å². The van der Waals surface area contributed by atoms with Gasteiger partial charge in [0.1, 0.15) is 6.61 Å². The maximum absolute atomic E-state index is 5.84. The zero-order valence-corrected chi connectivity index (χ0v) is 12.0. The summed E-state index contributed by atoms with van der Waals surface area (Å²) in [6.45, 7) is 6.67. The van der Waals surface area contributed by atoms with E-state index in [0.717, 1.165) is 32.6 Å². The number of hydrogen-bond acceptors (Lipinski definition) is 6. The number of hydrogen-bond donors (Lipinski definition) is 1. The first kappa shape index (κ1) is 14.3. The summed E-state index contributed by atoms with van der Waals surface area (Å²) < 4.78 is 5.54. The molecule has 2 heterocycles. The molecule has 0 atom stereocenters. The molecule has 0 aromatic carbocycles. The van der Waals surface area contributed by atoms with Crippen molar-refractivity contribution in [2.45, 2.75) is 26.2 Å². The molecule has 0 unspecified atom stereocenters. The Morgan fingerprint density at radius 1 is 1.26 bits per heavy atom. The highest BCUT2D eigenvalue weighted by atomic mass is 35.5. The molecule has 7 heteroatoms. The molecule has 1 aliphatic heterocycles. The van der Waals surface area contributed by atoms with Crippen molar-refractivity contribution in [2.24, 2.45) is 0 Å². The van der Waals surface area contributed by atoms with Crippen LogP contribution in [0.15, 0.2) is 0 Å². The maximum atomic E-state index is 5.84. The first-order valence-corrected chi connectivity index (χ1v) is 7.16. The SMILES string of the molecule is CCCNc1nc(Cl)nc(OCCN2CCCC2)n1. The van der Waals surface area contributed by atoms with Gasteiger partial charge in [-0.1, -0.05) is 6.92 Å². The Labute approximate surface area is 118 Å². The van der Waals surface area contributed by atoms with Crippen LogP contribution in [0.5, 0.6) is 6.01 Å². The Hall–Kier alpha value is -1.14. The highest BCUT2D eigenvalue weighted by molar-refractivity contribution is 6.28. The lowest BCUT2D eigenvalue weighted by atomic mass is 10.4. The molecule has 0 aliphatic carbocycles. The van der Waals surface area contributed by atoms with E-state index in [4.69, 9.17) is 16.3 Å². The normalized spacial score (nSPS) is 15.7. The average molecular weight is 286 g/mol. The predicted octanol–water partition coefficient (Wildman–Crippen LogP) is 1.82. The van der Waals surface area contributed by atoms with Gasteiger partial charge in [-0.3, -0.25) is 4.90 Å². The molecular formula is C12H20ClN5O. The number of likely N-dealkylation sites (tertiary alicyclic amines) is 1. The molecule has 2 rings (SSSR count). The van der Waals surface area contributed by atoms with Crippen LogP contribution in [0, 0.1) is 0 Å². The van der Waals surface area contributed by atoms with E-state index in [1.54, 1.807) is 0 Å². The van der Waals surface area contributed by atoms with Gasteiger partial charge in [0.2, 0.25) is 11.2 Å². The number of nitrogens with zero attached hydrogens (tertiary/aromatic N) is 4. The Morgan fingerprint density at radius 3 is 2.79 bits per heavy atom. The zero-order valence-electron chi connectivity index (χ0n) is 11.2. The molecule has 1 aromatic heterocycles. The van der Waals surface area contributed by atoms with E-state index >= 15 is 0 Å². The Balaban J connectivity index is 1.82. The number of aromatic nitrogens is 3. The highest BCUT2D eigenvalue weighted by Crippen LogP contribution is 2.12. The Bertz CT molecular complexity index is 398. The number of anilines is 1. The number of ether oxygens (including phenoxy) is 1. The Kier molecular flexibility index (Phi) is 5.60. The third-order valence-corrected chi connectivity index (χ3v) is 3.13. The molecule has 0 saturated carbocycles. The molecule has 6 nitrogen and oxygen atoms in total. The lowest BCUT2D eigenvalue weighted by Gasteiger charge is -2.14. The highest BCUT2D eigenvalue weighted by Gasteiger charge is 2.11. The molecule has 1 aliphatic rings. The Morgan fingerprint density at radius 2 is 2.05 bits per heavy atom. The minimum absolute atomic E-state index is 0.157. The fraction of sp³-hybridized carbons (Fsp3) is 0.750. The third kappa shape index (κ3) is 4.80. The van der Waals surface area contributed by atoms with Gasteiger partial charge >= 0.3 is 6.01 Å². The second-order valence-corrected chi connectivity index (χ2v) is 4.87. The first-order chi connectivity index (χ1) is 9.28. The second kappa shape index (κ2) is 7.45. The molecule has 106 valence electrons. The largest absolute Gasteiger partial charge is 0.462 e. The van der Waals surface area contributed by atoms with E-state index in [0.29, 0.717) is 12.6 Å². The molecule has 0 spiro atoms. The summed E-state index contributed by atoms with van der Waals surface area (Å²) in [5.74, 6) is 0.470. The lowest BCUT2D eigenvalue weighted by Crippen LogP contribution is -2.25. The van der Waals surface area contributed by atoms with Crippen molar-refractivity contribution in [1.82, 2.24) is 19.9 Å². The zero-order chi connectivity index (χ0) is 13.5. The van der Waals surface area contributed by atoms with E-state index in [1.807, 2.05) is 0 Å². The van der Waals surface area contributed by atoms with Gasteiger partial charge in [-0.15, -0.1) is 0 Å². The van der Waals surface area contributed by atoms with Gasteiger partial charge in [-0.05, 0) is 44.0 Å². The summed E-state index contributed by atoms with van der Waals surface area (Å²) in [6, 6.07) is 0.290. The molecule has 1 fully saturated rings. The van der Waals surface area contributed by atoms with E-state index in [-0.39, 0.29) is 11.3 Å². The molecule has 1 N–H and O–H groups in total. The van der Waals surface area contributed by atoms with Crippen LogP contribution in [0.1, 0.15) is 26.2 Å². The van der Waals surface area contributed by atoms with Crippen LogP contribution in [0.4, 0.5) is 5.95 Å². The fourth-order valence-corrected chi connectivity index (χ4v) is 2.14. The summed E-state index contributed by atoms with van der Waals surface area (Å²) in [4.78, 5) is 14.5. The topological polar surface area (TPSA) is 63.2 Å². The minimum Gasteiger partial charge on any atom is -0.462 e. The minimum atomic E-state index is 0.157. The van der Waals surface area contributed by atoms with Gasteiger partial charge < -0.3 is 10.1 Å². The van der Waals surface area contributed by atoms with Crippen molar-refractivity contribution in [3.8, 4) is 6.01 Å². The fourth-order valence-electron chi connectivity index (χ4n) is 1.98. The lowest BCUT2D eigenvalue weighted by molar-refractivity contribution is 0.225. The van der Waals surface area contributed by atoms with Gasteiger partial charge in [0, 0.05) is 13.1 Å². The van der Waals surface area contributed by atoms with Crippen LogP contribution in [0.25, 0.3) is 0 Å². The molecular weight excluding hydrogens is 266 g/mol. The number of rotatable bonds is 7. The van der Waals surface area contributed by atoms with Crippen LogP contribution in [-0.4, -0.2) is 52.6 Å². The molecule has 0 amide bonds. The first-order valence-electron chi connectivity index (χ1n) is 6.78. The van der Waals surface area contributed by atoms with Crippen LogP contribution in [0.2, 0.25) is 5.28 Å². The summed E-state index contributed by atoms with van der Waals surface area (Å²) >= 11 is 5.84. The van der Waals surface area contributed by atoms with Crippen molar-refractivity contribution in [1.29, 1.82) is 0 Å². The summed E-state index contributed by atoms with van der Waals surface area (Å²) in [5.41, 5.74) is 0. The van der Waals surface area contributed by atoms with Crippen molar-refractivity contribution in [3.63, 3.8) is 0 Å². The van der Waals surface area contributed by atoms with E-state index < -0.39 is 0 Å². The van der Waals surface area contributed by atoms with Crippen molar-refractivity contribution in [2.75, 3.05) is 38.1 Å². The molecule has 1 saturated heterocycles. The quantitative estimate of drug-likeness (QED) is 0.824. The van der Waals surface area contributed by atoms with E-state index in [2.05, 4.69) is 32.1 Å². The standard InChI is InChI=1S/C12H20ClN5O/c1-2-5-14-11-15-10(13)16-12(17-11)19-9-8-18-6-3-4-7-18/h2-9H2,1H3,(H,14,15,16,17). The van der Waals surface area contributed by atoms with Crippen molar-refractivity contribution < 1.29 is 4.74 Å². The number of halogens is 1. The molecule has 0 radical (unpaired) electrons. The van der Waals surface area contributed by atoms with Gasteiger partial charge in [-0.25, -0.2) is 0 Å². The van der Waals surface area contributed by atoms with Crippen molar-refractivity contribution in [3.05, 3.63) is 5.28 Å². The summed E-state index contributed by atoms with van der Waals surface area (Å²) in [5, 5.41) is 3.23. The maximum Gasteiger partial charge on any atom is 0.322 e. The summed E-state index contributed by atoms with van der Waals surface area (Å²) in [7, 11) is 0. The molecule has 1 aromatic rings. The van der Waals surface area contributed by atoms with Crippen LogP contribution in [-0.2, 0) is 0 Å². The third-order valence-electron chi connectivity index (χ3n) is 2.96. The van der Waals surface area contributed by atoms with Gasteiger partial charge in [0.25, 0.3) is 0 Å². The monoisotopic (exact) mass is 285 g/mol. The molecule has 0 bridgehead atoms. The second-order valence-electron chi connectivity index (χ2n) is 4.53. The number of nitrogens with one attached hydrogen (secondary N) is 1. The average Bonchev–Trinajstić information content (AvgIpc) is 2.89. The van der Waals surface area contributed by atoms with Crippen LogP contribution >= 0.6 is 11.6 Å². The van der Waals surface area contributed by atoms with Crippen molar-refractivity contribution >= 4 is 17.5 Å². The van der Waals surface area contributed by atoms with E-state index in [9.17, 15) is 0 Å². The summed E-state index contributed by atoms with van der Waals surface area (Å²) in [6.07, 6.45) is 3.56.